The molecule has 0 saturated carbocycles. The Kier molecular flexibility index (Phi) is 4.55. The molecule has 0 aliphatic carbocycles. The summed E-state index contributed by atoms with van der Waals surface area (Å²) in [6, 6.07) is 7.26. The van der Waals surface area contributed by atoms with Crippen molar-refractivity contribution in [3.8, 4) is 0 Å². The summed E-state index contributed by atoms with van der Waals surface area (Å²) in [5.41, 5.74) is 2.04. The first-order chi connectivity index (χ1) is 8.70. The van der Waals surface area contributed by atoms with Crippen molar-refractivity contribution >= 4 is 15.9 Å². The first kappa shape index (κ1) is 13.3. The van der Waals surface area contributed by atoms with Gasteiger partial charge in [0.25, 0.3) is 0 Å². The van der Waals surface area contributed by atoms with Gasteiger partial charge in [-0.25, -0.2) is 4.39 Å². The third-order valence-electron chi connectivity index (χ3n) is 2.82. The zero-order valence-electron chi connectivity index (χ0n) is 10.1. The number of likely N-dealkylation sites (N-methyl/N-ethyl adjacent to an activating group) is 1. The Labute approximate surface area is 114 Å². The quantitative estimate of drug-likeness (QED) is 0.900. The zero-order valence-corrected chi connectivity index (χ0v) is 11.7. The third-order valence-corrected chi connectivity index (χ3v) is 3.46. The minimum atomic E-state index is -0.234. The zero-order chi connectivity index (χ0) is 13.0. The first-order valence-corrected chi connectivity index (χ1v) is 6.69. The molecular weight excluding hydrogens is 297 g/mol. The highest BCUT2D eigenvalue weighted by molar-refractivity contribution is 9.10. The van der Waals surface area contributed by atoms with Gasteiger partial charge in [-0.3, -0.25) is 0 Å². The lowest BCUT2D eigenvalue weighted by molar-refractivity contribution is 0.530. The minimum absolute atomic E-state index is 0.0928. The molecule has 96 valence electrons. The number of nitrogens with one attached hydrogen (secondary N) is 1. The first-order valence-electron chi connectivity index (χ1n) is 5.90. The molecule has 1 aromatic carbocycles. The van der Waals surface area contributed by atoms with Crippen molar-refractivity contribution in [2.24, 2.45) is 0 Å². The highest BCUT2D eigenvalue weighted by atomic mass is 79.9. The van der Waals surface area contributed by atoms with Gasteiger partial charge in [0, 0.05) is 6.04 Å². The number of halogens is 2. The van der Waals surface area contributed by atoms with Crippen LogP contribution in [0.1, 0.15) is 24.1 Å². The number of rotatable bonds is 5. The van der Waals surface area contributed by atoms with Gasteiger partial charge < -0.3 is 9.73 Å². The summed E-state index contributed by atoms with van der Waals surface area (Å²) >= 11 is 3.17. The normalized spacial score (nSPS) is 12.6. The van der Waals surface area contributed by atoms with Crippen LogP contribution in [0, 0.1) is 5.82 Å². The lowest BCUT2D eigenvalue weighted by Crippen LogP contribution is -2.22. The van der Waals surface area contributed by atoms with Crippen molar-refractivity contribution in [3.63, 3.8) is 0 Å². The van der Waals surface area contributed by atoms with E-state index >= 15 is 0 Å². The monoisotopic (exact) mass is 311 g/mol. The van der Waals surface area contributed by atoms with Gasteiger partial charge in [-0.1, -0.05) is 13.0 Å². The molecule has 4 heteroatoms. The van der Waals surface area contributed by atoms with Crippen LogP contribution < -0.4 is 5.32 Å². The van der Waals surface area contributed by atoms with Gasteiger partial charge in [-0.15, -0.1) is 0 Å². The number of hydrogen-bond donors (Lipinski definition) is 1. The second-order valence-corrected chi connectivity index (χ2v) is 4.97. The van der Waals surface area contributed by atoms with Crippen molar-refractivity contribution in [3.05, 3.63) is 58.2 Å². The smallest absolute Gasteiger partial charge is 0.137 e. The van der Waals surface area contributed by atoms with Gasteiger partial charge >= 0.3 is 0 Å². The molecule has 1 unspecified atom stereocenters. The topological polar surface area (TPSA) is 25.2 Å². The highest BCUT2D eigenvalue weighted by Gasteiger charge is 2.13. The SMILES string of the molecule is CCNC(Cc1ccoc1)c1ccc(Br)c(F)c1. The van der Waals surface area contributed by atoms with E-state index < -0.39 is 0 Å². The summed E-state index contributed by atoms with van der Waals surface area (Å²) in [5.74, 6) is -0.234. The fourth-order valence-electron chi connectivity index (χ4n) is 1.93. The van der Waals surface area contributed by atoms with Crippen LogP contribution >= 0.6 is 15.9 Å². The molecule has 1 N–H and O–H groups in total. The maximum absolute atomic E-state index is 13.6. The Morgan fingerprint density at radius 2 is 2.22 bits per heavy atom. The molecule has 0 aliphatic rings. The summed E-state index contributed by atoms with van der Waals surface area (Å²) in [6.45, 7) is 2.87. The van der Waals surface area contributed by atoms with E-state index in [2.05, 4.69) is 21.2 Å². The van der Waals surface area contributed by atoms with Gasteiger partial charge in [-0.2, -0.15) is 0 Å². The molecule has 0 radical (unpaired) electrons. The molecule has 1 aromatic heterocycles. The molecule has 2 aromatic rings. The maximum atomic E-state index is 13.6. The fraction of sp³-hybridized carbons (Fsp3) is 0.286. The van der Waals surface area contributed by atoms with Gasteiger partial charge in [0.2, 0.25) is 0 Å². The van der Waals surface area contributed by atoms with Crippen molar-refractivity contribution < 1.29 is 8.81 Å². The molecule has 0 aliphatic heterocycles. The lowest BCUT2D eigenvalue weighted by atomic mass is 10.0. The molecule has 0 fully saturated rings. The van der Waals surface area contributed by atoms with Crippen LogP contribution in [0.15, 0.2) is 45.7 Å². The van der Waals surface area contributed by atoms with Gasteiger partial charge in [0.05, 0.1) is 17.0 Å². The standard InChI is InChI=1S/C14H15BrFNO/c1-2-17-14(7-10-5-6-18-9-10)11-3-4-12(15)13(16)8-11/h3-6,8-9,14,17H,2,7H2,1H3. The minimum Gasteiger partial charge on any atom is -0.472 e. The van der Waals surface area contributed by atoms with E-state index in [-0.39, 0.29) is 11.9 Å². The average Bonchev–Trinajstić information content (AvgIpc) is 2.85. The van der Waals surface area contributed by atoms with Crippen molar-refractivity contribution in [2.45, 2.75) is 19.4 Å². The maximum Gasteiger partial charge on any atom is 0.137 e. The van der Waals surface area contributed by atoms with Crippen LogP contribution in [-0.4, -0.2) is 6.54 Å². The van der Waals surface area contributed by atoms with E-state index in [9.17, 15) is 4.39 Å². The molecular formula is C14H15BrFNO. The molecule has 1 heterocycles. The Morgan fingerprint density at radius 3 is 2.83 bits per heavy atom. The Bertz CT molecular complexity index is 499. The number of hydrogen-bond acceptors (Lipinski definition) is 2. The molecule has 0 amide bonds. The van der Waals surface area contributed by atoms with E-state index in [0.29, 0.717) is 4.47 Å². The summed E-state index contributed by atoms with van der Waals surface area (Å²) in [7, 11) is 0. The van der Waals surface area contributed by atoms with E-state index in [0.717, 1.165) is 24.1 Å². The third kappa shape index (κ3) is 3.21. The molecule has 1 atom stereocenters. The average molecular weight is 312 g/mol. The highest BCUT2D eigenvalue weighted by Crippen LogP contribution is 2.23. The summed E-state index contributed by atoms with van der Waals surface area (Å²) < 4.78 is 19.1. The fourth-order valence-corrected chi connectivity index (χ4v) is 2.17. The molecule has 18 heavy (non-hydrogen) atoms. The largest absolute Gasteiger partial charge is 0.472 e. The predicted octanol–water partition coefficient (Wildman–Crippen LogP) is 4.07. The van der Waals surface area contributed by atoms with Gasteiger partial charge in [-0.05, 0) is 58.2 Å². The summed E-state index contributed by atoms with van der Waals surface area (Å²) in [4.78, 5) is 0. The number of benzene rings is 1. The van der Waals surface area contributed by atoms with Crippen LogP contribution in [0.4, 0.5) is 4.39 Å². The van der Waals surface area contributed by atoms with Crippen LogP contribution in [0.25, 0.3) is 0 Å². The summed E-state index contributed by atoms with van der Waals surface area (Å²) in [5, 5.41) is 3.36. The second-order valence-electron chi connectivity index (χ2n) is 4.12. The van der Waals surface area contributed by atoms with Crippen molar-refractivity contribution in [1.29, 1.82) is 0 Å². The van der Waals surface area contributed by atoms with E-state index in [4.69, 9.17) is 4.42 Å². The van der Waals surface area contributed by atoms with Gasteiger partial charge in [0.15, 0.2) is 0 Å². The molecule has 2 rings (SSSR count). The van der Waals surface area contributed by atoms with Crippen LogP contribution in [0.3, 0.4) is 0 Å². The Hall–Kier alpha value is -1.13. The molecule has 2 nitrogen and oxygen atoms in total. The van der Waals surface area contributed by atoms with Crippen molar-refractivity contribution in [1.82, 2.24) is 5.32 Å². The molecule has 0 spiro atoms. The Balaban J connectivity index is 2.20. The van der Waals surface area contributed by atoms with Crippen LogP contribution in [0.5, 0.6) is 0 Å². The van der Waals surface area contributed by atoms with Crippen molar-refractivity contribution in [2.75, 3.05) is 6.54 Å². The number of furan rings is 1. The van der Waals surface area contributed by atoms with E-state index in [1.807, 2.05) is 19.1 Å². The van der Waals surface area contributed by atoms with Crippen LogP contribution in [-0.2, 0) is 6.42 Å². The van der Waals surface area contributed by atoms with Crippen LogP contribution in [0.2, 0.25) is 0 Å². The van der Waals surface area contributed by atoms with Gasteiger partial charge in [0.1, 0.15) is 5.82 Å². The van der Waals surface area contributed by atoms with E-state index in [1.54, 1.807) is 24.7 Å². The van der Waals surface area contributed by atoms with E-state index in [1.165, 1.54) is 0 Å². The predicted molar refractivity (Wildman–Crippen MR) is 72.9 cm³/mol. The summed E-state index contributed by atoms with van der Waals surface area (Å²) in [6.07, 6.45) is 4.16. The molecule has 0 bridgehead atoms. The second kappa shape index (κ2) is 6.16. The lowest BCUT2D eigenvalue weighted by Gasteiger charge is -2.18. The Morgan fingerprint density at radius 1 is 1.39 bits per heavy atom. The molecule has 0 saturated heterocycles.